The highest BCUT2D eigenvalue weighted by Crippen LogP contribution is 2.22. The summed E-state index contributed by atoms with van der Waals surface area (Å²) in [5.41, 5.74) is 2.81. The van der Waals surface area contributed by atoms with Crippen molar-refractivity contribution in [2.75, 3.05) is 0 Å². The minimum Gasteiger partial charge on any atom is -0.508 e. The van der Waals surface area contributed by atoms with Crippen molar-refractivity contribution in [3.63, 3.8) is 0 Å². The van der Waals surface area contributed by atoms with Crippen LogP contribution in [0.5, 0.6) is 11.5 Å². The van der Waals surface area contributed by atoms with Gasteiger partial charge in [0.05, 0.1) is 6.33 Å². The van der Waals surface area contributed by atoms with Crippen LogP contribution in [-0.2, 0) is 19.6 Å². The molecule has 2 aromatic heterocycles. The molecule has 1 N–H and O–H groups in total. The number of nitrogens with zero attached hydrogens (tertiary/aromatic N) is 3. The fourth-order valence-electron chi connectivity index (χ4n) is 2.90. The summed E-state index contributed by atoms with van der Waals surface area (Å²) in [6.45, 7) is 1.30. The number of benzene rings is 2. The molecule has 6 heteroatoms. The van der Waals surface area contributed by atoms with E-state index in [0.717, 1.165) is 30.7 Å². The highest BCUT2D eigenvalue weighted by atomic mass is 16.5. The van der Waals surface area contributed by atoms with Crippen LogP contribution in [-0.4, -0.2) is 19.6 Å². The number of phenolic OH excluding ortho intramolecular Hbond substituents is 1. The molecular weight excluding hydrogens is 354 g/mol. The number of aromatic nitrogens is 3. The Bertz CT molecular complexity index is 990. The van der Waals surface area contributed by atoms with Gasteiger partial charge in [-0.15, -0.1) is 0 Å². The lowest BCUT2D eigenvalue weighted by Crippen LogP contribution is -1.98. The second-order valence-corrected chi connectivity index (χ2v) is 6.53. The van der Waals surface area contributed by atoms with Gasteiger partial charge in [0.15, 0.2) is 0 Å². The largest absolute Gasteiger partial charge is 0.508 e. The monoisotopic (exact) mass is 375 g/mol. The van der Waals surface area contributed by atoms with Gasteiger partial charge < -0.3 is 18.8 Å². The average molecular weight is 375 g/mol. The zero-order chi connectivity index (χ0) is 19.2. The van der Waals surface area contributed by atoms with Crippen LogP contribution in [0.15, 0.2) is 77.9 Å². The van der Waals surface area contributed by atoms with Crippen molar-refractivity contribution in [2.45, 2.75) is 26.0 Å². The number of oxazole rings is 1. The van der Waals surface area contributed by atoms with E-state index < -0.39 is 0 Å². The van der Waals surface area contributed by atoms with E-state index in [0.29, 0.717) is 18.2 Å². The third kappa shape index (κ3) is 4.59. The molecule has 0 spiro atoms. The van der Waals surface area contributed by atoms with Gasteiger partial charge in [-0.25, -0.2) is 9.97 Å². The van der Waals surface area contributed by atoms with Gasteiger partial charge in [-0.05, 0) is 54.8 Å². The smallest absolute Gasteiger partial charge is 0.226 e. The zero-order valence-corrected chi connectivity index (χ0v) is 15.4. The van der Waals surface area contributed by atoms with Crippen LogP contribution in [0.2, 0.25) is 0 Å². The summed E-state index contributed by atoms with van der Waals surface area (Å²) in [5, 5.41) is 9.35. The second-order valence-electron chi connectivity index (χ2n) is 6.53. The third-order valence-electron chi connectivity index (χ3n) is 4.42. The molecule has 0 bridgehead atoms. The molecule has 0 saturated heterocycles. The molecule has 6 nitrogen and oxygen atoms in total. The Morgan fingerprint density at radius 2 is 1.86 bits per heavy atom. The van der Waals surface area contributed by atoms with Gasteiger partial charge in [-0.3, -0.25) is 0 Å². The molecule has 28 heavy (non-hydrogen) atoms. The minimum absolute atomic E-state index is 0.212. The number of ether oxygens (including phenoxy) is 1. The van der Waals surface area contributed by atoms with Gasteiger partial charge in [0.1, 0.15) is 30.1 Å². The van der Waals surface area contributed by atoms with E-state index in [4.69, 9.17) is 9.15 Å². The predicted molar refractivity (Wildman–Crippen MR) is 105 cm³/mol. The Morgan fingerprint density at radius 3 is 2.61 bits per heavy atom. The lowest BCUT2D eigenvalue weighted by Gasteiger charge is -2.06. The lowest BCUT2D eigenvalue weighted by atomic mass is 10.1. The SMILES string of the molecule is Oc1ccc(-c2nc(COc3ccc(CCCn4ccnc4)cc3)co2)cc1. The molecule has 142 valence electrons. The molecule has 0 atom stereocenters. The first-order chi connectivity index (χ1) is 13.8. The van der Waals surface area contributed by atoms with Crippen molar-refractivity contribution in [2.24, 2.45) is 0 Å². The van der Waals surface area contributed by atoms with Crippen molar-refractivity contribution in [3.8, 4) is 23.0 Å². The topological polar surface area (TPSA) is 73.3 Å². The van der Waals surface area contributed by atoms with E-state index in [1.54, 1.807) is 36.7 Å². The first-order valence-corrected chi connectivity index (χ1v) is 9.17. The summed E-state index contributed by atoms with van der Waals surface area (Å²) < 4.78 is 13.4. The highest BCUT2D eigenvalue weighted by molar-refractivity contribution is 5.54. The van der Waals surface area contributed by atoms with Crippen LogP contribution in [0.1, 0.15) is 17.7 Å². The van der Waals surface area contributed by atoms with Crippen LogP contribution in [0, 0.1) is 0 Å². The molecule has 4 aromatic rings. The van der Waals surface area contributed by atoms with Crippen LogP contribution in [0.4, 0.5) is 0 Å². The maximum atomic E-state index is 9.35. The number of aromatic hydroxyl groups is 1. The molecule has 0 aliphatic heterocycles. The van der Waals surface area contributed by atoms with Crippen LogP contribution in [0.25, 0.3) is 11.5 Å². The van der Waals surface area contributed by atoms with E-state index in [2.05, 4.69) is 26.7 Å². The fourth-order valence-corrected chi connectivity index (χ4v) is 2.90. The standard InChI is InChI=1S/C22H21N3O3/c26-20-7-5-18(6-8-20)22-24-19(15-28-22)14-27-21-9-3-17(4-10-21)2-1-12-25-13-11-23-16-25/h3-11,13,15-16,26H,1-2,12,14H2. The quantitative estimate of drug-likeness (QED) is 0.492. The highest BCUT2D eigenvalue weighted by Gasteiger charge is 2.07. The van der Waals surface area contributed by atoms with Crippen molar-refractivity contribution >= 4 is 0 Å². The lowest BCUT2D eigenvalue weighted by molar-refractivity contribution is 0.301. The molecular formula is C22H21N3O3. The first kappa shape index (κ1) is 17.9. The first-order valence-electron chi connectivity index (χ1n) is 9.17. The van der Waals surface area contributed by atoms with E-state index in [9.17, 15) is 5.11 Å². The molecule has 0 amide bonds. The van der Waals surface area contributed by atoms with Gasteiger partial charge >= 0.3 is 0 Å². The average Bonchev–Trinajstić information content (AvgIpc) is 3.40. The Labute approximate surface area is 163 Å². The van der Waals surface area contributed by atoms with Crippen molar-refractivity contribution in [1.29, 1.82) is 0 Å². The van der Waals surface area contributed by atoms with Gasteiger partial charge in [0.25, 0.3) is 0 Å². The van der Waals surface area contributed by atoms with E-state index in [1.807, 2.05) is 24.7 Å². The second kappa shape index (κ2) is 8.43. The minimum atomic E-state index is 0.212. The van der Waals surface area contributed by atoms with Crippen molar-refractivity contribution in [3.05, 3.63) is 84.8 Å². The number of rotatable bonds is 8. The summed E-state index contributed by atoms with van der Waals surface area (Å²) in [7, 11) is 0. The van der Waals surface area contributed by atoms with Gasteiger partial charge in [0.2, 0.25) is 5.89 Å². The number of hydrogen-bond donors (Lipinski definition) is 1. The number of phenols is 1. The maximum absolute atomic E-state index is 9.35. The third-order valence-corrected chi connectivity index (χ3v) is 4.42. The zero-order valence-electron chi connectivity index (χ0n) is 15.4. The number of hydrogen-bond acceptors (Lipinski definition) is 5. The van der Waals surface area contributed by atoms with Crippen LogP contribution in [0.3, 0.4) is 0 Å². The van der Waals surface area contributed by atoms with Crippen LogP contribution >= 0.6 is 0 Å². The molecule has 0 aliphatic carbocycles. The van der Waals surface area contributed by atoms with Gasteiger partial charge in [-0.1, -0.05) is 12.1 Å². The molecule has 4 rings (SSSR count). The summed E-state index contributed by atoms with van der Waals surface area (Å²) in [6, 6.07) is 14.9. The predicted octanol–water partition coefficient (Wildman–Crippen LogP) is 4.46. The van der Waals surface area contributed by atoms with Crippen molar-refractivity contribution in [1.82, 2.24) is 14.5 Å². The Kier molecular flexibility index (Phi) is 5.38. The Balaban J connectivity index is 1.27. The number of aryl methyl sites for hydroxylation is 2. The van der Waals surface area contributed by atoms with E-state index >= 15 is 0 Å². The normalized spacial score (nSPS) is 10.9. The molecule has 0 aliphatic rings. The van der Waals surface area contributed by atoms with E-state index in [1.165, 1.54) is 5.56 Å². The fraction of sp³-hybridized carbons (Fsp3) is 0.182. The van der Waals surface area contributed by atoms with E-state index in [-0.39, 0.29) is 5.75 Å². The van der Waals surface area contributed by atoms with Gasteiger partial charge in [-0.2, -0.15) is 0 Å². The van der Waals surface area contributed by atoms with Crippen LogP contribution < -0.4 is 4.74 Å². The Hall–Kier alpha value is -3.54. The molecule has 0 fully saturated rings. The molecule has 2 aromatic carbocycles. The van der Waals surface area contributed by atoms with Crippen molar-refractivity contribution < 1.29 is 14.3 Å². The molecule has 0 saturated carbocycles. The maximum Gasteiger partial charge on any atom is 0.226 e. The number of imidazole rings is 1. The summed E-state index contributed by atoms with van der Waals surface area (Å²) in [5.74, 6) is 1.52. The Morgan fingerprint density at radius 1 is 1.04 bits per heavy atom. The summed E-state index contributed by atoms with van der Waals surface area (Å²) in [6.07, 6.45) is 9.29. The molecule has 0 radical (unpaired) electrons. The summed E-state index contributed by atoms with van der Waals surface area (Å²) >= 11 is 0. The molecule has 2 heterocycles. The molecule has 0 unspecified atom stereocenters. The van der Waals surface area contributed by atoms with Gasteiger partial charge in [0, 0.05) is 24.5 Å². The summed E-state index contributed by atoms with van der Waals surface area (Å²) in [4.78, 5) is 8.48.